The van der Waals surface area contributed by atoms with Crippen LogP contribution in [0.15, 0.2) is 22.6 Å². The molecule has 1 N–H and O–H groups in total. The van der Waals surface area contributed by atoms with Gasteiger partial charge in [0.05, 0.1) is 0 Å². The molecule has 6 nitrogen and oxygen atoms in total. The van der Waals surface area contributed by atoms with E-state index in [1.54, 1.807) is 0 Å². The zero-order valence-corrected chi connectivity index (χ0v) is 11.1. The van der Waals surface area contributed by atoms with Gasteiger partial charge in [0.15, 0.2) is 0 Å². The summed E-state index contributed by atoms with van der Waals surface area (Å²) in [4.78, 5) is 11.0. The van der Waals surface area contributed by atoms with Gasteiger partial charge in [-0.25, -0.2) is 4.79 Å². The van der Waals surface area contributed by atoms with Gasteiger partial charge in [0.2, 0.25) is 0 Å². The monoisotopic (exact) mass is 324 g/mol. The first-order valence-electron chi connectivity index (χ1n) is 5.30. The second-order valence-electron chi connectivity index (χ2n) is 3.98. The molecule has 10 heteroatoms. The number of carbonyl (C=O) groups is 1. The number of rotatable bonds is 3. The van der Waals surface area contributed by atoms with Crippen LogP contribution in [0, 0.1) is 6.92 Å². The Morgan fingerprint density at radius 3 is 2.48 bits per heavy atom. The highest BCUT2D eigenvalue weighted by atomic mass is 32.2. The van der Waals surface area contributed by atoms with Crippen LogP contribution in [-0.4, -0.2) is 25.0 Å². The number of aromatic carboxylic acids is 1. The lowest BCUT2D eigenvalue weighted by molar-refractivity contribution is -0.0500. The third kappa shape index (κ3) is 2.66. The molecule has 1 aromatic heterocycles. The summed E-state index contributed by atoms with van der Waals surface area (Å²) in [5.74, 6) is -1.87. The van der Waals surface area contributed by atoms with Crippen molar-refractivity contribution >= 4 is 27.1 Å². The third-order valence-electron chi connectivity index (χ3n) is 2.54. The van der Waals surface area contributed by atoms with Crippen LogP contribution in [0.4, 0.5) is 13.2 Å². The number of furan rings is 1. The molecule has 0 aliphatic heterocycles. The highest BCUT2D eigenvalue weighted by Gasteiger charge is 2.48. The van der Waals surface area contributed by atoms with E-state index in [2.05, 4.69) is 4.18 Å². The van der Waals surface area contributed by atoms with Gasteiger partial charge < -0.3 is 13.7 Å². The molecular formula is C11H7F3O6S. The fourth-order valence-corrected chi connectivity index (χ4v) is 2.14. The summed E-state index contributed by atoms with van der Waals surface area (Å²) in [5, 5.41) is 9.10. The zero-order chi connectivity index (χ0) is 16.0. The first-order chi connectivity index (χ1) is 9.53. The van der Waals surface area contributed by atoms with Gasteiger partial charge in [0.25, 0.3) is 0 Å². The molecule has 0 fully saturated rings. The van der Waals surface area contributed by atoms with Gasteiger partial charge in [-0.3, -0.25) is 0 Å². The Morgan fingerprint density at radius 1 is 1.33 bits per heavy atom. The van der Waals surface area contributed by atoms with Gasteiger partial charge in [-0.15, -0.1) is 0 Å². The average Bonchev–Trinajstić information content (AvgIpc) is 2.61. The van der Waals surface area contributed by atoms with Crippen LogP contribution < -0.4 is 4.18 Å². The van der Waals surface area contributed by atoms with E-state index >= 15 is 0 Å². The number of hydrogen-bond donors (Lipinski definition) is 1. The molecule has 114 valence electrons. The van der Waals surface area contributed by atoms with Gasteiger partial charge in [0, 0.05) is 11.5 Å². The van der Waals surface area contributed by atoms with Crippen LogP contribution in [0.5, 0.6) is 5.75 Å². The summed E-state index contributed by atoms with van der Waals surface area (Å²) in [6, 6.07) is 2.89. The lowest BCUT2D eigenvalue weighted by Gasteiger charge is -2.08. The van der Waals surface area contributed by atoms with Gasteiger partial charge in [-0.05, 0) is 19.1 Å². The van der Waals surface area contributed by atoms with E-state index in [0.717, 1.165) is 18.2 Å². The molecule has 2 rings (SSSR count). The summed E-state index contributed by atoms with van der Waals surface area (Å²) >= 11 is 0. The maximum atomic E-state index is 12.2. The van der Waals surface area contributed by atoms with Crippen molar-refractivity contribution in [3.05, 3.63) is 29.5 Å². The van der Waals surface area contributed by atoms with Gasteiger partial charge in [0.1, 0.15) is 22.7 Å². The van der Waals surface area contributed by atoms with Crippen molar-refractivity contribution in [2.24, 2.45) is 0 Å². The molecule has 1 aromatic carbocycles. The Bertz CT molecular complexity index is 818. The summed E-state index contributed by atoms with van der Waals surface area (Å²) < 4.78 is 67.3. The minimum atomic E-state index is -5.80. The predicted molar refractivity (Wildman–Crippen MR) is 63.5 cm³/mol. The number of halogens is 3. The molecule has 0 bridgehead atoms. The smallest absolute Gasteiger partial charge is 0.478 e. The standard InChI is InChI=1S/C11H7F3O6S/c1-5-9(10(15)16)7-3-2-6(4-8(7)19-5)20-21(17,18)11(12,13)14/h2-4H,1H3,(H,15,16). The molecule has 0 aliphatic carbocycles. The van der Waals surface area contributed by atoms with Crippen molar-refractivity contribution in [3.63, 3.8) is 0 Å². The molecule has 0 radical (unpaired) electrons. The Labute approximate surface area is 115 Å². The van der Waals surface area contributed by atoms with E-state index in [-0.39, 0.29) is 22.3 Å². The van der Waals surface area contributed by atoms with Gasteiger partial charge in [-0.2, -0.15) is 21.6 Å². The van der Waals surface area contributed by atoms with Crippen molar-refractivity contribution in [2.45, 2.75) is 12.4 Å². The molecule has 0 atom stereocenters. The largest absolute Gasteiger partial charge is 0.534 e. The van der Waals surface area contributed by atoms with Crippen molar-refractivity contribution in [2.75, 3.05) is 0 Å². The van der Waals surface area contributed by atoms with Crippen LogP contribution in [-0.2, 0) is 10.1 Å². The molecule has 2 aromatic rings. The summed E-state index contributed by atoms with van der Waals surface area (Å²) in [7, 11) is -5.80. The fraction of sp³-hybridized carbons (Fsp3) is 0.182. The van der Waals surface area contributed by atoms with E-state index in [1.807, 2.05) is 0 Å². The van der Waals surface area contributed by atoms with Crippen LogP contribution in [0.2, 0.25) is 0 Å². The molecule has 0 amide bonds. The van der Waals surface area contributed by atoms with E-state index in [9.17, 15) is 26.4 Å². The summed E-state index contributed by atoms with van der Waals surface area (Å²) in [6.45, 7) is 1.36. The highest BCUT2D eigenvalue weighted by Crippen LogP contribution is 2.32. The SMILES string of the molecule is Cc1oc2cc(OS(=O)(=O)C(F)(F)F)ccc2c1C(=O)O. The maximum Gasteiger partial charge on any atom is 0.534 e. The first-order valence-corrected chi connectivity index (χ1v) is 6.71. The van der Waals surface area contributed by atoms with Gasteiger partial charge in [-0.1, -0.05) is 0 Å². The first kappa shape index (κ1) is 15.2. The molecule has 0 spiro atoms. The number of hydrogen-bond acceptors (Lipinski definition) is 5. The second-order valence-corrected chi connectivity index (χ2v) is 5.52. The number of alkyl halides is 3. The van der Waals surface area contributed by atoms with E-state index in [1.165, 1.54) is 6.92 Å². The zero-order valence-electron chi connectivity index (χ0n) is 10.3. The quantitative estimate of drug-likeness (QED) is 0.689. The molecule has 0 aliphatic rings. The molecule has 21 heavy (non-hydrogen) atoms. The van der Waals surface area contributed by atoms with E-state index in [4.69, 9.17) is 9.52 Å². The number of carboxylic acids is 1. The fourth-order valence-electron chi connectivity index (χ4n) is 1.69. The summed E-state index contributed by atoms with van der Waals surface area (Å²) in [5.41, 5.74) is -5.82. The Hall–Kier alpha value is -2.23. The third-order valence-corrected chi connectivity index (χ3v) is 3.52. The topological polar surface area (TPSA) is 93.8 Å². The van der Waals surface area contributed by atoms with E-state index < -0.39 is 27.3 Å². The Balaban J connectivity index is 2.49. The molecule has 0 saturated heterocycles. The van der Waals surface area contributed by atoms with Crippen LogP contribution in [0.1, 0.15) is 16.1 Å². The predicted octanol–water partition coefficient (Wildman–Crippen LogP) is 2.67. The highest BCUT2D eigenvalue weighted by molar-refractivity contribution is 7.88. The molecule has 1 heterocycles. The molecule has 0 saturated carbocycles. The molecule has 0 unspecified atom stereocenters. The lowest BCUT2D eigenvalue weighted by Crippen LogP contribution is -2.28. The number of benzene rings is 1. The minimum Gasteiger partial charge on any atom is -0.478 e. The maximum absolute atomic E-state index is 12.2. The van der Waals surface area contributed by atoms with Crippen LogP contribution in [0.3, 0.4) is 0 Å². The van der Waals surface area contributed by atoms with Crippen molar-refractivity contribution < 1.29 is 40.1 Å². The van der Waals surface area contributed by atoms with Gasteiger partial charge >= 0.3 is 21.6 Å². The Kier molecular flexibility index (Phi) is 3.36. The average molecular weight is 324 g/mol. The number of fused-ring (bicyclic) bond motifs is 1. The van der Waals surface area contributed by atoms with E-state index in [0.29, 0.717) is 0 Å². The Morgan fingerprint density at radius 2 is 1.95 bits per heavy atom. The summed E-state index contributed by atoms with van der Waals surface area (Å²) in [6.07, 6.45) is 0. The lowest BCUT2D eigenvalue weighted by atomic mass is 10.1. The second kappa shape index (κ2) is 4.65. The minimum absolute atomic E-state index is 0.0355. The van der Waals surface area contributed by atoms with Crippen molar-refractivity contribution in [3.8, 4) is 5.75 Å². The van der Waals surface area contributed by atoms with Crippen LogP contribution >= 0.6 is 0 Å². The van der Waals surface area contributed by atoms with Crippen molar-refractivity contribution in [1.29, 1.82) is 0 Å². The number of aryl methyl sites for hydroxylation is 1. The van der Waals surface area contributed by atoms with Crippen LogP contribution in [0.25, 0.3) is 11.0 Å². The molecular weight excluding hydrogens is 317 g/mol. The number of carboxylic acid groups (broad SMARTS) is 1. The normalized spacial score (nSPS) is 12.6. The van der Waals surface area contributed by atoms with Crippen molar-refractivity contribution in [1.82, 2.24) is 0 Å².